The number of phenols is 1. The van der Waals surface area contributed by atoms with Gasteiger partial charge in [-0.3, -0.25) is 76.7 Å². The first kappa shape index (κ1) is 98.1. The number of rotatable bonds is 21. The van der Waals surface area contributed by atoms with Crippen LogP contribution >= 0.6 is 11.8 Å². The van der Waals surface area contributed by atoms with Gasteiger partial charge >= 0.3 is 5.97 Å². The number of thioether (sulfide) groups is 1. The van der Waals surface area contributed by atoms with Crippen LogP contribution in [-0.2, 0) is 109 Å². The molecule has 0 aliphatic carbocycles. The summed E-state index contributed by atoms with van der Waals surface area (Å²) < 4.78 is 0. The SMILES string of the molecule is CCCC[C@H]1C(=O)N(C)CC(=O)N[C@@H](CC(=O)O)C(=O)N[C@@H](C(C)C)C(=O)N(C)[C@@H](Cc2ccccc2)C(=O)N2C[C@H](N)C[C@H]2C(=O)N2CCC[C@@H]2C(=O)N[C@@H](Cc2c[nH]c3ccccc23)C(=O)N[C@@H](Cc2ccc(O)cc2)C(=O)N[C@@H](CC(C)C)C(=O)N[C@H](C(=O)NCC(N)=O)CSCC(=O)N[C@@H](Cc2ccccc2)C(=O)N(C)[C@@H](Cc2ccccc2)C(=O)N1C. The first-order valence-corrected chi connectivity index (χ1v) is 44.0. The number of benzene rings is 5. The molecule has 9 rings (SSSR count). The highest BCUT2D eigenvalue weighted by molar-refractivity contribution is 8.00. The van der Waals surface area contributed by atoms with E-state index in [0.717, 1.165) is 21.6 Å². The van der Waals surface area contributed by atoms with Crippen molar-refractivity contribution in [2.45, 2.75) is 197 Å². The van der Waals surface area contributed by atoms with Crippen LogP contribution in [-0.4, -0.2) is 284 Å². The number of para-hydroxylation sites is 1. The molecule has 1 aromatic heterocycles. The molecular formula is C91H119N17O18S. The summed E-state index contributed by atoms with van der Waals surface area (Å²) in [5, 5.41) is 42.8. The van der Waals surface area contributed by atoms with Crippen molar-refractivity contribution in [1.29, 1.82) is 0 Å². The van der Waals surface area contributed by atoms with Crippen LogP contribution in [0, 0.1) is 11.8 Å². The minimum atomic E-state index is -1.88. The van der Waals surface area contributed by atoms with Crippen LogP contribution in [0.1, 0.15) is 114 Å². The molecule has 6 aromatic rings. The number of fused-ring (bicyclic) bond motifs is 3. The topological polar surface area (TPSA) is 497 Å². The zero-order valence-corrected chi connectivity index (χ0v) is 73.9. The van der Waals surface area contributed by atoms with Crippen molar-refractivity contribution in [2.75, 3.05) is 65.9 Å². The molecule has 0 saturated carbocycles. The van der Waals surface area contributed by atoms with E-state index >= 15 is 38.4 Å². The molecule has 35 nitrogen and oxygen atoms in total. The first-order valence-electron chi connectivity index (χ1n) is 42.8. The van der Waals surface area contributed by atoms with E-state index in [9.17, 15) is 48.6 Å². The fraction of sp³-hybridized carbons (Fsp3) is 0.473. The van der Waals surface area contributed by atoms with Crippen LogP contribution in [0.15, 0.2) is 146 Å². The molecule has 3 aliphatic rings. The van der Waals surface area contributed by atoms with E-state index in [1.807, 2.05) is 6.92 Å². The Morgan fingerprint density at radius 1 is 0.535 bits per heavy atom. The average Bonchev–Trinajstić information content (AvgIpc) is 1.58. The van der Waals surface area contributed by atoms with Gasteiger partial charge in [-0.2, -0.15) is 0 Å². The smallest absolute Gasteiger partial charge is 0.305 e. The summed E-state index contributed by atoms with van der Waals surface area (Å²) in [4.78, 5) is 246. The second kappa shape index (κ2) is 46.5. The largest absolute Gasteiger partial charge is 0.508 e. The summed E-state index contributed by atoms with van der Waals surface area (Å²) in [5.74, 6) is -16.4. The molecule has 0 radical (unpaired) electrons. The number of carbonyl (C=O) groups is 16. The van der Waals surface area contributed by atoms with Crippen molar-refractivity contribution >= 4 is 117 Å². The number of unbranched alkanes of at least 4 members (excludes halogenated alkanes) is 1. The van der Waals surface area contributed by atoms with Gasteiger partial charge in [-0.25, -0.2) is 0 Å². The molecule has 4 heterocycles. The third-order valence-corrected chi connectivity index (χ3v) is 24.1. The van der Waals surface area contributed by atoms with E-state index in [1.165, 1.54) is 72.1 Å². The van der Waals surface area contributed by atoms with Gasteiger partial charge in [0.25, 0.3) is 0 Å². The Kier molecular flexibility index (Phi) is 35.9. The number of aromatic hydroxyl groups is 1. The first-order chi connectivity index (χ1) is 60.5. The predicted octanol–water partition coefficient (Wildman–Crippen LogP) is 1.35. The van der Waals surface area contributed by atoms with Crippen molar-refractivity contribution < 1.29 is 86.9 Å². The van der Waals surface area contributed by atoms with Gasteiger partial charge in [0.05, 0.1) is 25.3 Å². The molecule has 0 unspecified atom stereocenters. The lowest BCUT2D eigenvalue weighted by atomic mass is 9.98. The molecule has 36 heteroatoms. The number of carboxylic acids is 1. The molecule has 3 aliphatic heterocycles. The van der Waals surface area contributed by atoms with E-state index in [1.54, 1.807) is 149 Å². The van der Waals surface area contributed by atoms with Crippen molar-refractivity contribution in [3.05, 3.63) is 174 Å². The second-order valence-corrected chi connectivity index (χ2v) is 34.6. The summed E-state index contributed by atoms with van der Waals surface area (Å²) in [5.41, 5.74) is 15.6. The monoisotopic (exact) mass is 1770 g/mol. The van der Waals surface area contributed by atoms with Gasteiger partial charge in [-0.05, 0) is 90.0 Å². The number of phenolic OH excluding ortho intramolecular Hbond substituents is 1. The van der Waals surface area contributed by atoms with Gasteiger partial charge in [-0.15, -0.1) is 11.8 Å². The van der Waals surface area contributed by atoms with Crippen LogP contribution in [0.25, 0.3) is 10.9 Å². The van der Waals surface area contributed by atoms with Gasteiger partial charge in [-0.1, -0.05) is 169 Å². The number of aromatic nitrogens is 1. The van der Waals surface area contributed by atoms with Crippen molar-refractivity contribution in [3.8, 4) is 5.75 Å². The highest BCUT2D eigenvalue weighted by Gasteiger charge is 2.49. The quantitative estimate of drug-likeness (QED) is 0.0484. The molecule has 13 atom stereocenters. The van der Waals surface area contributed by atoms with E-state index in [2.05, 4.69) is 47.5 Å². The summed E-state index contributed by atoms with van der Waals surface area (Å²) in [7, 11) is 5.36. The number of H-pyrrole nitrogens is 1. The van der Waals surface area contributed by atoms with Crippen molar-refractivity contribution in [1.82, 2.24) is 76.9 Å². The highest BCUT2D eigenvalue weighted by Crippen LogP contribution is 2.30. The molecule has 3 saturated heterocycles. The molecule has 3 fully saturated rings. The number of hydrogen-bond acceptors (Lipinski definition) is 19. The number of carbonyl (C=O) groups excluding carboxylic acids is 15. The van der Waals surface area contributed by atoms with Crippen LogP contribution in [0.4, 0.5) is 0 Å². The zero-order valence-electron chi connectivity index (χ0n) is 73.1. The molecule has 15 N–H and O–H groups in total. The molecule has 0 bridgehead atoms. The number of nitrogens with one attached hydrogen (secondary N) is 9. The zero-order chi connectivity index (χ0) is 92.5. The van der Waals surface area contributed by atoms with Gasteiger partial charge in [0.1, 0.15) is 78.3 Å². The third-order valence-electron chi connectivity index (χ3n) is 23.0. The Labute approximate surface area is 742 Å². The van der Waals surface area contributed by atoms with Gasteiger partial charge in [0.15, 0.2) is 0 Å². The van der Waals surface area contributed by atoms with Crippen molar-refractivity contribution in [2.24, 2.45) is 23.3 Å². The van der Waals surface area contributed by atoms with E-state index in [0.29, 0.717) is 51.6 Å². The third kappa shape index (κ3) is 27.4. The maximum absolute atomic E-state index is 15.7. The number of nitrogens with zero attached hydrogens (tertiary/aromatic N) is 6. The molecule has 682 valence electrons. The maximum atomic E-state index is 15.7. The Morgan fingerprint density at radius 2 is 1.06 bits per heavy atom. The van der Waals surface area contributed by atoms with Crippen LogP contribution < -0.4 is 54.0 Å². The minimum absolute atomic E-state index is 0.00532. The summed E-state index contributed by atoms with van der Waals surface area (Å²) in [6, 6.07) is 20.5. The van der Waals surface area contributed by atoms with Crippen LogP contribution in [0.3, 0.4) is 0 Å². The maximum Gasteiger partial charge on any atom is 0.305 e. The Hall–Kier alpha value is -12.7. The summed E-state index contributed by atoms with van der Waals surface area (Å²) >= 11 is 0.840. The number of aromatic amines is 1. The molecular weight excluding hydrogens is 1650 g/mol. The van der Waals surface area contributed by atoms with Crippen LogP contribution in [0.2, 0.25) is 0 Å². The number of amides is 15. The Morgan fingerprint density at radius 3 is 1.66 bits per heavy atom. The van der Waals surface area contributed by atoms with Crippen LogP contribution in [0.5, 0.6) is 5.75 Å². The molecule has 15 amide bonds. The van der Waals surface area contributed by atoms with E-state index in [4.69, 9.17) is 11.5 Å². The average molecular weight is 1770 g/mol. The lowest BCUT2D eigenvalue weighted by molar-refractivity contribution is -0.152. The normalized spacial score (nSPS) is 24.2. The number of aliphatic carboxylic acids is 1. The lowest BCUT2D eigenvalue weighted by Crippen LogP contribution is -2.61. The highest BCUT2D eigenvalue weighted by atomic mass is 32.2. The van der Waals surface area contributed by atoms with Gasteiger partial charge in [0.2, 0.25) is 88.6 Å². The number of nitrogens with two attached hydrogens (primary N) is 2. The summed E-state index contributed by atoms with van der Waals surface area (Å²) in [6.45, 7) is 6.90. The summed E-state index contributed by atoms with van der Waals surface area (Å²) in [6.07, 6.45) is 0.903. The molecule has 127 heavy (non-hydrogen) atoms. The number of likely N-dealkylation sites (N-methyl/N-ethyl adjacent to an activating group) is 4. The predicted molar refractivity (Wildman–Crippen MR) is 474 cm³/mol. The van der Waals surface area contributed by atoms with Gasteiger partial charge < -0.3 is 98.6 Å². The second-order valence-electron chi connectivity index (χ2n) is 33.6. The number of carboxylic acid groups (broad SMARTS) is 1. The van der Waals surface area contributed by atoms with E-state index < -0.39 is 204 Å². The number of primary amides is 1. The fourth-order valence-corrected chi connectivity index (χ4v) is 17.0. The minimum Gasteiger partial charge on any atom is -0.508 e. The number of hydrogen-bond donors (Lipinski definition) is 13. The van der Waals surface area contributed by atoms with E-state index in [-0.39, 0.29) is 94.7 Å². The fourth-order valence-electron chi connectivity index (χ4n) is 16.1. The Balaban J connectivity index is 1.11. The van der Waals surface area contributed by atoms with Crippen molar-refractivity contribution in [3.63, 3.8) is 0 Å². The lowest BCUT2D eigenvalue weighted by Gasteiger charge is -2.37. The molecule has 0 spiro atoms. The molecule has 5 aromatic carbocycles. The van der Waals surface area contributed by atoms with Gasteiger partial charge in [0, 0.05) is 102 Å². The Bertz CT molecular complexity index is 4890. The standard InChI is InChI=1S/C91H119N17O18S/c1-10-11-32-71-87(122)103(6)50-76(111)96-67(46-78(113)114)84(119)102-79(54(4)5)91(126)106(9)73(43-57-28-19-14-20-29-57)89(124)108-49-60(92)45-74(108)90(125)107-38-23-33-70(107)85(120)100-66(44-59-47-94-63-31-22-21-30-62(59)63)83(118)99-65(40-58-34-36-61(109)37-35-58)82(117)98-64(39-53(2)3)81(116)101-69(80(115)95-48-75(93)110)51-127-52-77(112)97-68(41-55-24-15-12-16-25-55)86(121)105(8)72(88(123)104(71)7)42-56-26-17-13-18-27-56/h12-22,24-31,34-37,47,53-54,60,64-74,79,94,109H,10-11,23,32-33,38-46,48-52,92H2,1-9H3,(H2,93,110)(H,95,115)(H,96,111)(H,97,112)(H,98,117)(H,99,118)(H,100,120)(H,101,116)(H,102,119)(H,113,114)/t60-,64+,65+,66+,67+,68+,69+,70-,71+,72+,73+,74+,79+/m1/s1.